The number of fused-ring (bicyclic) bond motifs is 1. The van der Waals surface area contributed by atoms with Gasteiger partial charge in [0.05, 0.1) is 11.3 Å². The summed E-state index contributed by atoms with van der Waals surface area (Å²) >= 11 is 1.46. The molecule has 2 aliphatic rings. The van der Waals surface area contributed by atoms with E-state index in [4.69, 9.17) is 4.98 Å². The molecular weight excluding hydrogens is 397 g/mol. The summed E-state index contributed by atoms with van der Waals surface area (Å²) in [7, 11) is 0. The molecule has 8 heteroatoms. The summed E-state index contributed by atoms with van der Waals surface area (Å²) in [5.41, 5.74) is 3.35. The molecule has 1 saturated carbocycles. The van der Waals surface area contributed by atoms with Crippen molar-refractivity contribution in [3.63, 3.8) is 0 Å². The lowest BCUT2D eigenvalue weighted by molar-refractivity contribution is -0.137. The largest absolute Gasteiger partial charge is 0.416 e. The number of alkyl halides is 3. The molecule has 0 spiro atoms. The van der Waals surface area contributed by atoms with Gasteiger partial charge in [-0.1, -0.05) is 12.1 Å². The minimum Gasteiger partial charge on any atom is -0.293 e. The van der Waals surface area contributed by atoms with Crippen LogP contribution in [-0.4, -0.2) is 26.4 Å². The first-order valence-electron chi connectivity index (χ1n) is 9.65. The van der Waals surface area contributed by atoms with Gasteiger partial charge in [0.25, 0.3) is 0 Å². The molecule has 0 atom stereocenters. The summed E-state index contributed by atoms with van der Waals surface area (Å²) in [5.74, 6) is 1.56. The van der Waals surface area contributed by atoms with E-state index >= 15 is 0 Å². The predicted octanol–water partition coefficient (Wildman–Crippen LogP) is 5.05. The van der Waals surface area contributed by atoms with E-state index < -0.39 is 11.7 Å². The Morgan fingerprint density at radius 1 is 1.10 bits per heavy atom. The molecule has 1 aromatic carbocycles. The predicted molar refractivity (Wildman–Crippen MR) is 104 cm³/mol. The van der Waals surface area contributed by atoms with Gasteiger partial charge < -0.3 is 0 Å². The normalized spacial score (nSPS) is 17.3. The Morgan fingerprint density at radius 2 is 1.90 bits per heavy atom. The fraction of sp³-hybridized carbons (Fsp3) is 0.381. The Kier molecular flexibility index (Phi) is 4.63. The molecule has 0 N–H and O–H groups in total. The van der Waals surface area contributed by atoms with Crippen molar-refractivity contribution in [2.45, 2.75) is 44.4 Å². The Labute approximate surface area is 170 Å². The first-order chi connectivity index (χ1) is 14.0. The smallest absolute Gasteiger partial charge is 0.293 e. The average Bonchev–Trinajstić information content (AvgIpc) is 3.46. The molecule has 0 saturated heterocycles. The van der Waals surface area contributed by atoms with E-state index in [0.717, 1.165) is 48.2 Å². The van der Waals surface area contributed by atoms with Crippen LogP contribution in [0.5, 0.6) is 0 Å². The zero-order valence-corrected chi connectivity index (χ0v) is 16.4. The molecule has 1 aliphatic carbocycles. The van der Waals surface area contributed by atoms with Crippen LogP contribution in [-0.2, 0) is 25.7 Å². The molecule has 4 nitrogen and oxygen atoms in total. The quantitative estimate of drug-likeness (QED) is 0.597. The van der Waals surface area contributed by atoms with Crippen LogP contribution in [0.1, 0.15) is 47.1 Å². The summed E-state index contributed by atoms with van der Waals surface area (Å²) in [6, 6.07) is 5.18. The van der Waals surface area contributed by atoms with Crippen molar-refractivity contribution in [2.75, 3.05) is 6.54 Å². The second kappa shape index (κ2) is 7.18. The minimum atomic E-state index is -4.32. The average molecular weight is 416 g/mol. The van der Waals surface area contributed by atoms with Gasteiger partial charge in [0, 0.05) is 60.4 Å². The fourth-order valence-electron chi connectivity index (χ4n) is 3.61. The molecule has 2 aromatic heterocycles. The molecule has 29 heavy (non-hydrogen) atoms. The topological polar surface area (TPSA) is 41.9 Å². The molecule has 3 aromatic rings. The third-order valence-corrected chi connectivity index (χ3v) is 6.31. The van der Waals surface area contributed by atoms with Crippen LogP contribution < -0.4 is 0 Å². The summed E-state index contributed by atoms with van der Waals surface area (Å²) in [5, 5.41) is 2.72. The Hall–Kier alpha value is -2.32. The van der Waals surface area contributed by atoms with Crippen LogP contribution >= 0.6 is 11.3 Å². The van der Waals surface area contributed by atoms with Gasteiger partial charge in [-0.15, -0.1) is 11.3 Å². The van der Waals surface area contributed by atoms with E-state index in [9.17, 15) is 13.2 Å². The highest BCUT2D eigenvalue weighted by atomic mass is 32.1. The van der Waals surface area contributed by atoms with Crippen molar-refractivity contribution in [2.24, 2.45) is 0 Å². The van der Waals surface area contributed by atoms with E-state index in [1.165, 1.54) is 47.6 Å². The Morgan fingerprint density at radius 3 is 2.62 bits per heavy atom. The molecular formula is C21H19F3N4S. The van der Waals surface area contributed by atoms with Gasteiger partial charge in [-0.05, 0) is 25.0 Å². The van der Waals surface area contributed by atoms with Crippen LogP contribution in [0, 0.1) is 0 Å². The number of hydrogen-bond acceptors (Lipinski definition) is 5. The molecule has 1 aliphatic heterocycles. The fourth-order valence-corrected chi connectivity index (χ4v) is 4.42. The number of rotatable bonds is 4. The number of aromatic nitrogens is 3. The maximum absolute atomic E-state index is 12.7. The van der Waals surface area contributed by atoms with Gasteiger partial charge in [0.2, 0.25) is 0 Å². The highest BCUT2D eigenvalue weighted by molar-refractivity contribution is 7.13. The van der Waals surface area contributed by atoms with Crippen molar-refractivity contribution < 1.29 is 13.2 Å². The summed E-state index contributed by atoms with van der Waals surface area (Å²) < 4.78 is 38.2. The summed E-state index contributed by atoms with van der Waals surface area (Å²) in [4.78, 5) is 16.2. The van der Waals surface area contributed by atoms with Gasteiger partial charge in [-0.2, -0.15) is 13.2 Å². The first kappa shape index (κ1) is 18.7. The van der Waals surface area contributed by atoms with Crippen molar-refractivity contribution in [1.29, 1.82) is 0 Å². The van der Waals surface area contributed by atoms with Gasteiger partial charge in [-0.3, -0.25) is 4.90 Å². The number of halogens is 3. The number of nitrogens with zero attached hydrogens (tertiary/aromatic N) is 4. The monoisotopic (exact) mass is 416 g/mol. The molecule has 0 unspecified atom stereocenters. The van der Waals surface area contributed by atoms with Crippen LogP contribution in [0.3, 0.4) is 0 Å². The third-order valence-electron chi connectivity index (χ3n) is 5.37. The molecule has 3 heterocycles. The standard InChI is InChI=1S/C21H19F3N4S/c22-21(23,24)16-5-3-14(4-6-16)20-26-17(12-29-20)11-28-8-7-18-15(10-28)9-25-19(27-18)13-1-2-13/h3-6,9,12-13H,1-2,7-8,10-11H2. The molecule has 1 fully saturated rings. The molecule has 0 amide bonds. The van der Waals surface area contributed by atoms with E-state index in [1.54, 1.807) is 0 Å². The van der Waals surface area contributed by atoms with Crippen molar-refractivity contribution in [3.05, 3.63) is 64.2 Å². The van der Waals surface area contributed by atoms with Gasteiger partial charge in [0.1, 0.15) is 10.8 Å². The van der Waals surface area contributed by atoms with E-state index in [2.05, 4.69) is 14.9 Å². The van der Waals surface area contributed by atoms with Crippen molar-refractivity contribution in [1.82, 2.24) is 19.9 Å². The summed E-state index contributed by atoms with van der Waals surface area (Å²) in [6.45, 7) is 2.43. The number of thiazole rings is 1. The lowest BCUT2D eigenvalue weighted by Gasteiger charge is -2.27. The second-order valence-electron chi connectivity index (χ2n) is 7.65. The third kappa shape index (κ3) is 4.04. The SMILES string of the molecule is FC(F)(F)c1ccc(-c2nc(CN3CCc4nc(C5CC5)ncc4C3)cs2)cc1. The van der Waals surface area contributed by atoms with Gasteiger partial charge >= 0.3 is 6.18 Å². The molecule has 0 bridgehead atoms. The zero-order valence-electron chi connectivity index (χ0n) is 15.6. The van der Waals surface area contributed by atoms with Gasteiger partial charge in [0.15, 0.2) is 0 Å². The molecule has 0 radical (unpaired) electrons. The van der Waals surface area contributed by atoms with Crippen molar-refractivity contribution in [3.8, 4) is 10.6 Å². The second-order valence-corrected chi connectivity index (χ2v) is 8.51. The highest BCUT2D eigenvalue weighted by Crippen LogP contribution is 2.38. The van der Waals surface area contributed by atoms with Crippen LogP contribution in [0.15, 0.2) is 35.8 Å². The van der Waals surface area contributed by atoms with Gasteiger partial charge in [-0.25, -0.2) is 15.0 Å². The number of benzene rings is 1. The Bertz CT molecular complexity index is 1030. The Balaban J connectivity index is 1.26. The zero-order chi connectivity index (χ0) is 20.0. The van der Waals surface area contributed by atoms with E-state index in [0.29, 0.717) is 18.0 Å². The van der Waals surface area contributed by atoms with E-state index in [1.807, 2.05) is 11.6 Å². The van der Waals surface area contributed by atoms with Crippen LogP contribution in [0.2, 0.25) is 0 Å². The molecule has 150 valence electrons. The first-order valence-corrected chi connectivity index (χ1v) is 10.5. The summed E-state index contributed by atoms with van der Waals surface area (Å²) in [6.07, 6.45) is 0.969. The number of hydrogen-bond donors (Lipinski definition) is 0. The van der Waals surface area contributed by atoms with Crippen LogP contribution in [0.4, 0.5) is 13.2 Å². The lowest BCUT2D eigenvalue weighted by Crippen LogP contribution is -2.31. The molecule has 5 rings (SSSR count). The van der Waals surface area contributed by atoms with Crippen LogP contribution in [0.25, 0.3) is 10.6 Å². The maximum Gasteiger partial charge on any atom is 0.416 e. The van der Waals surface area contributed by atoms with Crippen molar-refractivity contribution >= 4 is 11.3 Å². The maximum atomic E-state index is 12.7. The highest BCUT2D eigenvalue weighted by Gasteiger charge is 2.30. The minimum absolute atomic E-state index is 0.567. The lowest BCUT2D eigenvalue weighted by atomic mass is 10.1. The van der Waals surface area contributed by atoms with E-state index in [-0.39, 0.29) is 0 Å².